The number of likely N-dealkylation sites (tertiary alicyclic amines) is 2. The molecule has 13 rings (SSSR count). The maximum atomic E-state index is 13.1. The number of carbonyl (C=O) groups is 5. The molecule has 6 aromatic heterocycles. The third-order valence-electron chi connectivity index (χ3n) is 17.5. The van der Waals surface area contributed by atoms with Crippen molar-refractivity contribution in [1.29, 1.82) is 0 Å². The summed E-state index contributed by atoms with van der Waals surface area (Å²) in [6, 6.07) is 27.7. The van der Waals surface area contributed by atoms with Crippen molar-refractivity contribution in [2.75, 3.05) is 81.7 Å². The number of anilines is 4. The molecule has 4 fully saturated rings. The molecule has 2 saturated carbocycles. The van der Waals surface area contributed by atoms with E-state index in [-0.39, 0.29) is 46.8 Å². The molecule has 2 aliphatic carbocycles. The number of methoxy groups -OCH3 is 1. The summed E-state index contributed by atoms with van der Waals surface area (Å²) in [5.41, 5.74) is -0.0270. The van der Waals surface area contributed by atoms with E-state index >= 15 is 0 Å². The molecule has 2 aliphatic heterocycles. The fraction of sp³-hybridized carbons (Fsp3) is 0.347. The maximum Gasteiger partial charge on any atom is 0.416 e. The lowest BCUT2D eigenvalue weighted by Gasteiger charge is -2.24. The lowest BCUT2D eigenvalue weighted by Crippen LogP contribution is -2.36. The molecule has 9 aromatic rings. The van der Waals surface area contributed by atoms with Crippen molar-refractivity contribution in [3.63, 3.8) is 0 Å². The highest BCUT2D eigenvalue weighted by Crippen LogP contribution is 2.38. The Bertz CT molecular complexity index is 4680. The molecule has 8 heterocycles. The largest absolute Gasteiger partial charge is 0.497 e. The van der Waals surface area contributed by atoms with Gasteiger partial charge in [0.15, 0.2) is 22.9 Å². The van der Waals surface area contributed by atoms with Gasteiger partial charge in [-0.2, -0.15) is 36.5 Å². The van der Waals surface area contributed by atoms with Crippen molar-refractivity contribution in [3.8, 4) is 28.7 Å². The molecule has 4 aliphatic rings. The summed E-state index contributed by atoms with van der Waals surface area (Å²) in [6.45, 7) is 9.48. The van der Waals surface area contributed by atoms with Gasteiger partial charge in [-0.25, -0.2) is 34.2 Å². The first-order chi connectivity index (χ1) is 51.1. The topological polar surface area (TPSA) is 302 Å². The smallest absolute Gasteiger partial charge is 0.416 e. The number of alkyl halides is 6. The number of ether oxygens (including phenoxy) is 4. The van der Waals surface area contributed by atoms with E-state index in [4.69, 9.17) is 29.2 Å². The molecule has 32 heteroatoms. The number of nitrogens with one attached hydrogen (secondary N) is 5. The average Bonchev–Trinajstić information content (AvgIpc) is 1.63. The molecule has 107 heavy (non-hydrogen) atoms. The SMILES string of the molecule is CN(C/C=C/C(=O)N1CC[C@@H](Nc2n[nH]c3nccc(Oc4ccc(C(=O)Nc5cc(C(F)(F)F)ccn5)cc4)c23)C1)C1CC1.CN(C/C=C/C(=O)O)C1CC1.COc1ccc(Cn2nc(N[C@@H]3CCN(C(=O)OC(C)(C)C)C3)c3c(Oc4ccc(C(=O)Nc5cc(C(F)(F)F)ccn5)cc4)ccnc32)cc1. The molecule has 0 radical (unpaired) electrons. The fourth-order valence-corrected chi connectivity index (χ4v) is 11.6. The van der Waals surface area contributed by atoms with Crippen LogP contribution in [0.25, 0.3) is 22.1 Å². The Morgan fingerprint density at radius 1 is 0.598 bits per heavy atom. The Balaban J connectivity index is 0.000000187. The van der Waals surface area contributed by atoms with Crippen LogP contribution in [0.4, 0.5) is 54.4 Å². The molecule has 6 N–H and O–H groups in total. The number of aromatic nitrogens is 8. The van der Waals surface area contributed by atoms with Crippen molar-refractivity contribution in [3.05, 3.63) is 186 Å². The predicted molar refractivity (Wildman–Crippen MR) is 387 cm³/mol. The summed E-state index contributed by atoms with van der Waals surface area (Å²) in [4.78, 5) is 85.4. The van der Waals surface area contributed by atoms with Crippen LogP contribution in [0.15, 0.2) is 158 Å². The molecular formula is C75H80F6N16O10. The van der Waals surface area contributed by atoms with E-state index in [0.29, 0.717) is 108 Å². The average molecular weight is 1480 g/mol. The van der Waals surface area contributed by atoms with E-state index in [1.54, 1.807) is 77.6 Å². The van der Waals surface area contributed by atoms with Gasteiger partial charge in [-0.15, -0.1) is 0 Å². The van der Waals surface area contributed by atoms with Crippen LogP contribution in [0.2, 0.25) is 0 Å². The molecule has 0 unspecified atom stereocenters. The Labute approximate surface area is 611 Å². The minimum atomic E-state index is -4.57. The monoisotopic (exact) mass is 1480 g/mol. The number of carboxylic acid groups (broad SMARTS) is 1. The second-order valence-corrected chi connectivity index (χ2v) is 26.9. The van der Waals surface area contributed by atoms with Crippen LogP contribution in [0.1, 0.15) is 96.7 Å². The molecule has 2 saturated heterocycles. The van der Waals surface area contributed by atoms with Crippen molar-refractivity contribution in [2.24, 2.45) is 0 Å². The third kappa shape index (κ3) is 21.3. The number of amides is 4. The number of fused-ring (bicyclic) bond motifs is 2. The number of H-pyrrole nitrogens is 1. The van der Waals surface area contributed by atoms with Gasteiger partial charge in [-0.05, 0) is 164 Å². The number of halogens is 6. The zero-order valence-corrected chi connectivity index (χ0v) is 59.3. The van der Waals surface area contributed by atoms with Gasteiger partial charge < -0.3 is 55.1 Å². The van der Waals surface area contributed by atoms with Crippen LogP contribution < -0.4 is 35.5 Å². The molecule has 26 nitrogen and oxygen atoms in total. The number of hydrogen-bond donors (Lipinski definition) is 6. The van der Waals surface area contributed by atoms with Crippen LogP contribution in [-0.4, -0.2) is 185 Å². The van der Waals surface area contributed by atoms with Gasteiger partial charge in [0.1, 0.15) is 56.8 Å². The van der Waals surface area contributed by atoms with Crippen LogP contribution >= 0.6 is 0 Å². The number of nitrogens with zero attached hydrogens (tertiary/aromatic N) is 11. The van der Waals surface area contributed by atoms with Gasteiger partial charge in [0.25, 0.3) is 11.8 Å². The predicted octanol–water partition coefficient (Wildman–Crippen LogP) is 13.2. The van der Waals surface area contributed by atoms with Gasteiger partial charge in [-0.3, -0.25) is 29.3 Å². The second kappa shape index (κ2) is 33.6. The molecular weight excluding hydrogens is 1400 g/mol. The van der Waals surface area contributed by atoms with Gasteiger partial charge in [0.05, 0.1) is 24.8 Å². The first-order valence-electron chi connectivity index (χ1n) is 34.4. The third-order valence-corrected chi connectivity index (χ3v) is 17.5. The van der Waals surface area contributed by atoms with Crippen LogP contribution in [0.5, 0.6) is 28.7 Å². The second-order valence-electron chi connectivity index (χ2n) is 26.9. The van der Waals surface area contributed by atoms with Crippen molar-refractivity contribution < 1.29 is 74.4 Å². The molecule has 4 amide bonds. The first-order valence-corrected chi connectivity index (χ1v) is 34.4. The van der Waals surface area contributed by atoms with E-state index in [9.17, 15) is 50.3 Å². The van der Waals surface area contributed by atoms with Gasteiger partial charge in [0, 0.05) is 124 Å². The number of benzene rings is 3. The number of aromatic amines is 1. The van der Waals surface area contributed by atoms with E-state index in [2.05, 4.69) is 68.2 Å². The minimum Gasteiger partial charge on any atom is -0.497 e. The number of pyridine rings is 4. The Hall–Kier alpha value is -11.7. The van der Waals surface area contributed by atoms with Gasteiger partial charge in [0.2, 0.25) is 5.91 Å². The summed E-state index contributed by atoms with van der Waals surface area (Å²) in [5.74, 6) is 0.934. The number of likely N-dealkylation sites (N-methyl/N-ethyl adjacent to an activating group) is 2. The zero-order chi connectivity index (χ0) is 76.2. The van der Waals surface area contributed by atoms with E-state index < -0.39 is 46.9 Å². The standard InChI is InChI=1S/C36H36F3N7O5.C31H31F3N8O3.C8H13NO2/c1-35(2,3)51-34(48)45-18-15-25(21-45)42-31-30-28(14-17-41-32(30)46(44-31)20-22-5-9-26(49-4)10-6-22)50-27-11-7-23(8-12-27)33(47)43-29-19-24(13-16-40-29)36(37,38)39;1-41(22-6-7-22)15-2-3-26(43)42-16-12-21(18-42)37-29-27-24(11-14-36-28(27)39-40-29)45-23-8-4-19(5-9-23)30(44)38-25-17-20(10-13-35-25)31(32,33)34;1-9(7-4-5-7)6-2-3-8(10)11/h5-14,16-17,19,25H,15,18,20-21H2,1-4H3,(H,42,44)(H,40,43,47);2-5,8-11,13-14,17,21-22H,6-7,12,15-16,18H2,1H3,(H,35,38,44)(H2,36,37,39,40);2-3,7H,4-6H2,1H3,(H,10,11)/b;2*3-2+/t25-;21-;/m11./s1. The molecule has 562 valence electrons. The van der Waals surface area contributed by atoms with Crippen LogP contribution in [0.3, 0.4) is 0 Å². The van der Waals surface area contributed by atoms with E-state index in [1.165, 1.54) is 56.0 Å². The highest BCUT2D eigenvalue weighted by Gasteiger charge is 2.35. The number of rotatable bonds is 23. The molecule has 0 spiro atoms. The summed E-state index contributed by atoms with van der Waals surface area (Å²) >= 11 is 0. The van der Waals surface area contributed by atoms with Crippen LogP contribution in [0, 0.1) is 0 Å². The lowest BCUT2D eigenvalue weighted by molar-refractivity contribution is -0.138. The van der Waals surface area contributed by atoms with Crippen molar-refractivity contribution in [2.45, 2.75) is 108 Å². The Kier molecular flexibility index (Phi) is 24.0. The molecule has 2 atom stereocenters. The van der Waals surface area contributed by atoms with Gasteiger partial charge >= 0.3 is 24.4 Å². The molecule has 0 bridgehead atoms. The highest BCUT2D eigenvalue weighted by molar-refractivity contribution is 6.04. The van der Waals surface area contributed by atoms with Crippen molar-refractivity contribution >= 4 is 75.1 Å². The van der Waals surface area contributed by atoms with Gasteiger partial charge in [-0.1, -0.05) is 24.3 Å². The summed E-state index contributed by atoms with van der Waals surface area (Å²) in [6.07, 6.45) is 8.49. The minimum absolute atomic E-state index is 0.00992. The number of carbonyl (C=O) groups excluding carboxylic acids is 4. The molecule has 3 aromatic carbocycles. The first kappa shape index (κ1) is 76.5. The van der Waals surface area contributed by atoms with E-state index in [1.807, 2.05) is 63.1 Å². The fourth-order valence-electron chi connectivity index (χ4n) is 11.6. The Morgan fingerprint density at radius 3 is 1.60 bits per heavy atom. The summed E-state index contributed by atoms with van der Waals surface area (Å²) in [5, 5.41) is 33.4. The number of hydrogen-bond acceptors (Lipinski definition) is 19. The maximum absolute atomic E-state index is 13.1. The van der Waals surface area contributed by atoms with E-state index in [0.717, 1.165) is 67.5 Å². The number of carboxylic acids is 1. The van der Waals surface area contributed by atoms with Crippen LogP contribution in [-0.2, 0) is 33.2 Å². The quantitative estimate of drug-likeness (QED) is 0.0256. The Morgan fingerprint density at radius 2 is 1.08 bits per heavy atom. The number of aliphatic carboxylic acids is 1. The summed E-state index contributed by atoms with van der Waals surface area (Å²) < 4.78 is 103. The lowest BCUT2D eigenvalue weighted by atomic mass is 10.2. The van der Waals surface area contributed by atoms with Crippen molar-refractivity contribution in [1.82, 2.24) is 59.5 Å². The zero-order valence-electron chi connectivity index (χ0n) is 59.3. The normalized spacial score (nSPS) is 16.0. The summed E-state index contributed by atoms with van der Waals surface area (Å²) in [7, 11) is 5.69. The highest BCUT2D eigenvalue weighted by atomic mass is 19.4.